The van der Waals surface area contributed by atoms with Gasteiger partial charge in [-0.15, -0.1) is 0 Å². The van der Waals surface area contributed by atoms with Gasteiger partial charge in [0, 0.05) is 0 Å². The van der Waals surface area contributed by atoms with E-state index in [-0.39, 0.29) is 0 Å². The van der Waals surface area contributed by atoms with Crippen molar-refractivity contribution in [2.75, 3.05) is 0 Å². The van der Waals surface area contributed by atoms with Crippen molar-refractivity contribution in [2.24, 2.45) is 17.8 Å². The van der Waals surface area contributed by atoms with E-state index in [1.165, 1.54) is 51.4 Å². The van der Waals surface area contributed by atoms with Gasteiger partial charge in [0.15, 0.2) is 0 Å². The van der Waals surface area contributed by atoms with Crippen molar-refractivity contribution in [2.45, 2.75) is 58.3 Å². The molecule has 0 N–H and O–H groups in total. The van der Waals surface area contributed by atoms with Crippen LogP contribution in [0.4, 0.5) is 0 Å². The summed E-state index contributed by atoms with van der Waals surface area (Å²) in [5, 5.41) is 0. The third-order valence-corrected chi connectivity index (χ3v) is 4.98. The zero-order valence-electron chi connectivity index (χ0n) is 10.5. The Balaban J connectivity index is 1.87. The van der Waals surface area contributed by atoms with Crippen molar-refractivity contribution in [3.05, 3.63) is 23.3 Å². The quantitative estimate of drug-likeness (QED) is 0.618. The lowest BCUT2D eigenvalue weighted by atomic mass is 9.84. The van der Waals surface area contributed by atoms with Crippen LogP contribution in [0.25, 0.3) is 0 Å². The second kappa shape index (κ2) is 4.39. The van der Waals surface area contributed by atoms with Crippen molar-refractivity contribution in [1.82, 2.24) is 0 Å². The summed E-state index contributed by atoms with van der Waals surface area (Å²) in [5.41, 5.74) is 3.63. The summed E-state index contributed by atoms with van der Waals surface area (Å²) in [6, 6.07) is 0. The molecule has 3 rings (SSSR count). The minimum atomic E-state index is 0.749. The van der Waals surface area contributed by atoms with Crippen molar-refractivity contribution in [1.29, 1.82) is 0 Å². The summed E-state index contributed by atoms with van der Waals surface area (Å²) in [6.45, 7) is 2.41. The minimum absolute atomic E-state index is 0.749. The molecule has 16 heavy (non-hydrogen) atoms. The summed E-state index contributed by atoms with van der Waals surface area (Å²) in [6.07, 6.45) is 16.7. The maximum absolute atomic E-state index is 2.48. The van der Waals surface area contributed by atoms with Gasteiger partial charge in [-0.25, -0.2) is 0 Å². The van der Waals surface area contributed by atoms with Gasteiger partial charge in [-0.1, -0.05) is 50.3 Å². The summed E-state index contributed by atoms with van der Waals surface area (Å²) in [5.74, 6) is 2.62. The molecule has 88 valence electrons. The molecule has 0 saturated heterocycles. The molecule has 2 saturated carbocycles. The molecular weight excluding hydrogens is 192 g/mol. The summed E-state index contributed by atoms with van der Waals surface area (Å²) < 4.78 is 0. The molecule has 0 aromatic carbocycles. The average molecular weight is 216 g/mol. The Bertz CT molecular complexity index is 309. The van der Waals surface area contributed by atoms with Crippen LogP contribution in [0.5, 0.6) is 0 Å². The monoisotopic (exact) mass is 216 g/mol. The molecule has 1 atom stereocenters. The fourth-order valence-electron chi connectivity index (χ4n) is 4.16. The highest BCUT2D eigenvalue weighted by atomic mass is 14.4. The van der Waals surface area contributed by atoms with Crippen LogP contribution in [0.15, 0.2) is 23.3 Å². The highest BCUT2D eigenvalue weighted by Gasteiger charge is 2.31. The lowest BCUT2D eigenvalue weighted by Crippen LogP contribution is -2.09. The first kappa shape index (κ1) is 10.6. The van der Waals surface area contributed by atoms with Gasteiger partial charge in [-0.05, 0) is 49.0 Å². The predicted octanol–water partition coefficient (Wildman–Crippen LogP) is 4.87. The van der Waals surface area contributed by atoms with Crippen LogP contribution >= 0.6 is 0 Å². The smallest absolute Gasteiger partial charge is 0.00397 e. The van der Waals surface area contributed by atoms with Gasteiger partial charge in [0.05, 0.1) is 0 Å². The van der Waals surface area contributed by atoms with Crippen LogP contribution in [0.2, 0.25) is 0 Å². The highest BCUT2D eigenvalue weighted by Crippen LogP contribution is 2.45. The van der Waals surface area contributed by atoms with Gasteiger partial charge in [0.2, 0.25) is 0 Å². The molecule has 3 aliphatic rings. The van der Waals surface area contributed by atoms with Gasteiger partial charge < -0.3 is 0 Å². The van der Waals surface area contributed by atoms with E-state index in [1.54, 1.807) is 5.57 Å². The van der Waals surface area contributed by atoms with Gasteiger partial charge in [0.25, 0.3) is 0 Å². The van der Waals surface area contributed by atoms with Crippen LogP contribution in [0, 0.1) is 17.8 Å². The van der Waals surface area contributed by atoms with Crippen molar-refractivity contribution < 1.29 is 0 Å². The summed E-state index contributed by atoms with van der Waals surface area (Å²) in [7, 11) is 0. The Morgan fingerprint density at radius 2 is 1.44 bits per heavy atom. The van der Waals surface area contributed by atoms with Crippen molar-refractivity contribution in [3.63, 3.8) is 0 Å². The highest BCUT2D eigenvalue weighted by molar-refractivity contribution is 5.40. The maximum atomic E-state index is 2.48. The number of allylic oxidation sites excluding steroid dienone is 4. The van der Waals surface area contributed by atoms with E-state index < -0.39 is 0 Å². The van der Waals surface area contributed by atoms with Crippen LogP contribution in [-0.2, 0) is 0 Å². The zero-order chi connectivity index (χ0) is 11.0. The molecule has 2 fully saturated rings. The fourth-order valence-corrected chi connectivity index (χ4v) is 4.16. The average Bonchev–Trinajstić information content (AvgIpc) is 2.96. The zero-order valence-corrected chi connectivity index (χ0v) is 10.5. The second-order valence-corrected chi connectivity index (χ2v) is 6.02. The van der Waals surface area contributed by atoms with Crippen molar-refractivity contribution in [3.8, 4) is 0 Å². The van der Waals surface area contributed by atoms with Gasteiger partial charge >= 0.3 is 0 Å². The fraction of sp³-hybridized carbons (Fsp3) is 0.750. The SMILES string of the molecule is CC1C=CC(C2CCCC2)=C1C1CCCC1. The molecule has 0 heterocycles. The molecule has 0 heteroatoms. The first-order valence-electron chi connectivity index (χ1n) is 7.28. The Morgan fingerprint density at radius 3 is 2.06 bits per heavy atom. The van der Waals surface area contributed by atoms with E-state index in [0.29, 0.717) is 0 Å². The predicted molar refractivity (Wildman–Crippen MR) is 69.2 cm³/mol. The molecule has 0 amide bonds. The molecule has 0 aliphatic heterocycles. The van der Waals surface area contributed by atoms with E-state index in [9.17, 15) is 0 Å². The van der Waals surface area contributed by atoms with E-state index in [2.05, 4.69) is 19.1 Å². The topological polar surface area (TPSA) is 0 Å². The van der Waals surface area contributed by atoms with Gasteiger partial charge in [-0.2, -0.15) is 0 Å². The van der Waals surface area contributed by atoms with E-state index in [1.807, 2.05) is 5.57 Å². The Morgan fingerprint density at radius 1 is 0.875 bits per heavy atom. The normalized spacial score (nSPS) is 32.2. The molecule has 0 radical (unpaired) electrons. The lowest BCUT2D eigenvalue weighted by Gasteiger charge is -2.21. The first-order valence-corrected chi connectivity index (χ1v) is 7.28. The van der Waals surface area contributed by atoms with Crippen LogP contribution in [-0.4, -0.2) is 0 Å². The molecule has 0 aromatic rings. The van der Waals surface area contributed by atoms with E-state index in [4.69, 9.17) is 0 Å². The molecule has 3 aliphatic carbocycles. The molecule has 0 bridgehead atoms. The Hall–Kier alpha value is -0.520. The summed E-state index contributed by atoms with van der Waals surface area (Å²) in [4.78, 5) is 0. The van der Waals surface area contributed by atoms with Crippen LogP contribution < -0.4 is 0 Å². The number of hydrogen-bond acceptors (Lipinski definition) is 0. The van der Waals surface area contributed by atoms with Crippen molar-refractivity contribution >= 4 is 0 Å². The largest absolute Gasteiger partial charge is 0.0773 e. The molecule has 1 unspecified atom stereocenters. The number of hydrogen-bond donors (Lipinski definition) is 0. The van der Waals surface area contributed by atoms with E-state index in [0.717, 1.165) is 17.8 Å². The standard InChI is InChI=1S/C16H24/c1-12-10-11-15(13-6-2-3-7-13)16(12)14-8-4-5-9-14/h10-14H,2-9H2,1H3. The van der Waals surface area contributed by atoms with E-state index >= 15 is 0 Å². The minimum Gasteiger partial charge on any atom is -0.0773 e. The second-order valence-electron chi connectivity index (χ2n) is 6.02. The third-order valence-electron chi connectivity index (χ3n) is 4.98. The van der Waals surface area contributed by atoms with Gasteiger partial charge in [0.1, 0.15) is 0 Å². The number of rotatable bonds is 2. The molecular formula is C16H24. The lowest BCUT2D eigenvalue weighted by molar-refractivity contribution is 0.557. The molecule has 0 spiro atoms. The summed E-state index contributed by atoms with van der Waals surface area (Å²) >= 11 is 0. The maximum Gasteiger partial charge on any atom is -0.00397 e. The van der Waals surface area contributed by atoms with Crippen LogP contribution in [0.1, 0.15) is 58.3 Å². The molecule has 0 nitrogen and oxygen atoms in total. The van der Waals surface area contributed by atoms with Crippen LogP contribution in [0.3, 0.4) is 0 Å². The third kappa shape index (κ3) is 1.77. The first-order chi connectivity index (χ1) is 7.86. The van der Waals surface area contributed by atoms with Gasteiger partial charge in [-0.3, -0.25) is 0 Å². The Kier molecular flexibility index (Phi) is 2.91. The Labute approximate surface area is 99.8 Å². The molecule has 0 aromatic heterocycles.